The quantitative estimate of drug-likeness (QED) is 0.667. The fourth-order valence-electron chi connectivity index (χ4n) is 3.37. The minimum atomic E-state index is 0.590. The summed E-state index contributed by atoms with van der Waals surface area (Å²) in [7, 11) is 0. The molecule has 3 aliphatic rings. The fraction of sp³-hybridized carbons (Fsp3) is 0.714. The number of allylic oxidation sites excluding steroid dienone is 3. The van der Waals surface area contributed by atoms with Crippen LogP contribution in [0.25, 0.3) is 0 Å². The maximum atomic E-state index is 2.61. The van der Waals surface area contributed by atoms with Crippen LogP contribution in [0.5, 0.6) is 0 Å². The molecule has 0 radical (unpaired) electrons. The van der Waals surface area contributed by atoms with E-state index < -0.39 is 0 Å². The number of hydrogen-bond donors (Lipinski definition) is 0. The molecule has 1 heterocycles. The summed E-state index contributed by atoms with van der Waals surface area (Å²) in [6.07, 6.45) is 10.0. The van der Waals surface area contributed by atoms with Gasteiger partial charge in [-0.3, -0.25) is 0 Å². The molecule has 2 fully saturated rings. The largest absolute Gasteiger partial charge is 0.302 e. The lowest BCUT2D eigenvalue weighted by atomic mass is 9.87. The molecule has 0 N–H and O–H groups in total. The highest BCUT2D eigenvalue weighted by Gasteiger charge is 2.60. The molecule has 2 aliphatic carbocycles. The lowest BCUT2D eigenvalue weighted by molar-refractivity contribution is 0.306. The van der Waals surface area contributed by atoms with Gasteiger partial charge in [0.1, 0.15) is 0 Å². The summed E-state index contributed by atoms with van der Waals surface area (Å²) in [6.45, 7) is 8.48. The second-order valence-corrected chi connectivity index (χ2v) is 5.62. The van der Waals surface area contributed by atoms with Gasteiger partial charge >= 0.3 is 0 Å². The molecule has 1 saturated heterocycles. The molecule has 0 aromatic heterocycles. The monoisotopic (exact) mass is 203 g/mol. The van der Waals surface area contributed by atoms with Crippen molar-refractivity contribution >= 4 is 0 Å². The summed E-state index contributed by atoms with van der Waals surface area (Å²) in [5, 5.41) is 0. The summed E-state index contributed by atoms with van der Waals surface area (Å²) in [4.78, 5) is 2.61. The molecule has 0 spiro atoms. The molecular formula is C14H21N. The summed E-state index contributed by atoms with van der Waals surface area (Å²) in [5.41, 5.74) is 2.24. The minimum Gasteiger partial charge on any atom is -0.302 e. The normalized spacial score (nSPS) is 44.0. The Morgan fingerprint density at radius 2 is 2.40 bits per heavy atom. The zero-order valence-electron chi connectivity index (χ0n) is 9.87. The molecule has 3 unspecified atom stereocenters. The van der Waals surface area contributed by atoms with Crippen LogP contribution in [0.4, 0.5) is 0 Å². The first-order valence-electron chi connectivity index (χ1n) is 6.36. The third kappa shape index (κ3) is 1.40. The van der Waals surface area contributed by atoms with E-state index in [0.717, 1.165) is 11.8 Å². The van der Waals surface area contributed by atoms with Crippen molar-refractivity contribution in [2.24, 2.45) is 17.3 Å². The first-order valence-corrected chi connectivity index (χ1v) is 6.36. The lowest BCUT2D eigenvalue weighted by Gasteiger charge is -2.22. The van der Waals surface area contributed by atoms with E-state index in [-0.39, 0.29) is 0 Å². The van der Waals surface area contributed by atoms with Gasteiger partial charge in [-0.15, -0.1) is 0 Å². The second-order valence-electron chi connectivity index (χ2n) is 5.62. The van der Waals surface area contributed by atoms with Gasteiger partial charge in [0.2, 0.25) is 0 Å². The van der Waals surface area contributed by atoms with Gasteiger partial charge < -0.3 is 4.90 Å². The summed E-state index contributed by atoms with van der Waals surface area (Å²) in [6, 6.07) is 0. The average molecular weight is 203 g/mol. The van der Waals surface area contributed by atoms with Crippen molar-refractivity contribution in [3.05, 3.63) is 23.8 Å². The van der Waals surface area contributed by atoms with Crippen molar-refractivity contribution in [1.82, 2.24) is 4.90 Å². The molecule has 1 aliphatic heterocycles. The molecule has 15 heavy (non-hydrogen) atoms. The smallest absolute Gasteiger partial charge is 0.0121 e. The van der Waals surface area contributed by atoms with E-state index in [1.807, 2.05) is 0 Å². The van der Waals surface area contributed by atoms with E-state index in [1.54, 1.807) is 5.57 Å². The minimum absolute atomic E-state index is 0.590. The maximum Gasteiger partial charge on any atom is 0.0121 e. The molecule has 82 valence electrons. The molecule has 0 aromatic carbocycles. The van der Waals surface area contributed by atoms with Crippen molar-refractivity contribution in [2.75, 3.05) is 19.6 Å². The van der Waals surface area contributed by atoms with Crippen molar-refractivity contribution in [2.45, 2.75) is 26.7 Å². The highest BCUT2D eigenvalue weighted by atomic mass is 15.2. The van der Waals surface area contributed by atoms with Crippen LogP contribution < -0.4 is 0 Å². The van der Waals surface area contributed by atoms with Gasteiger partial charge in [0, 0.05) is 18.5 Å². The summed E-state index contributed by atoms with van der Waals surface area (Å²) < 4.78 is 0. The predicted molar refractivity (Wildman–Crippen MR) is 63.7 cm³/mol. The average Bonchev–Trinajstić information content (AvgIpc) is 2.83. The Kier molecular flexibility index (Phi) is 2.07. The van der Waals surface area contributed by atoms with Gasteiger partial charge in [-0.1, -0.05) is 32.1 Å². The Hall–Kier alpha value is -0.560. The van der Waals surface area contributed by atoms with Gasteiger partial charge in [0.15, 0.2) is 0 Å². The van der Waals surface area contributed by atoms with Crippen molar-refractivity contribution in [1.29, 1.82) is 0 Å². The van der Waals surface area contributed by atoms with E-state index in [0.29, 0.717) is 5.41 Å². The van der Waals surface area contributed by atoms with Crippen molar-refractivity contribution in [3.63, 3.8) is 0 Å². The van der Waals surface area contributed by atoms with Crippen molar-refractivity contribution < 1.29 is 0 Å². The molecule has 0 aromatic rings. The van der Waals surface area contributed by atoms with Crippen LogP contribution in [0.2, 0.25) is 0 Å². The van der Waals surface area contributed by atoms with E-state index in [4.69, 9.17) is 0 Å². The van der Waals surface area contributed by atoms with Crippen LogP contribution in [-0.2, 0) is 0 Å². The van der Waals surface area contributed by atoms with E-state index in [1.165, 1.54) is 32.5 Å². The Labute approximate surface area is 92.8 Å². The highest BCUT2D eigenvalue weighted by molar-refractivity contribution is 5.39. The zero-order valence-corrected chi connectivity index (χ0v) is 9.87. The Balaban J connectivity index is 1.77. The number of nitrogens with zero attached hydrogens (tertiary/aromatic N) is 1. The molecule has 1 nitrogen and oxygen atoms in total. The summed E-state index contributed by atoms with van der Waals surface area (Å²) >= 11 is 0. The van der Waals surface area contributed by atoms with Crippen LogP contribution in [0.15, 0.2) is 23.8 Å². The Morgan fingerprint density at radius 3 is 3.00 bits per heavy atom. The van der Waals surface area contributed by atoms with E-state index >= 15 is 0 Å². The van der Waals surface area contributed by atoms with Crippen molar-refractivity contribution in [3.8, 4) is 0 Å². The molecule has 0 bridgehead atoms. The van der Waals surface area contributed by atoms with Crippen LogP contribution in [0.3, 0.4) is 0 Å². The molecule has 0 amide bonds. The maximum absolute atomic E-state index is 2.61. The number of hydrogen-bond acceptors (Lipinski definition) is 1. The van der Waals surface area contributed by atoms with Gasteiger partial charge in [-0.2, -0.15) is 0 Å². The van der Waals surface area contributed by atoms with E-state index in [2.05, 4.69) is 37.0 Å². The van der Waals surface area contributed by atoms with Gasteiger partial charge in [0.25, 0.3) is 0 Å². The highest BCUT2D eigenvalue weighted by Crippen LogP contribution is 2.62. The van der Waals surface area contributed by atoms with Crippen LogP contribution in [-0.4, -0.2) is 24.5 Å². The second kappa shape index (κ2) is 3.21. The molecular weight excluding hydrogens is 182 g/mol. The number of rotatable bonds is 2. The third-order valence-electron chi connectivity index (χ3n) is 4.55. The lowest BCUT2D eigenvalue weighted by Crippen LogP contribution is -2.25. The molecule has 1 saturated carbocycles. The Bertz CT molecular complexity index is 328. The van der Waals surface area contributed by atoms with Gasteiger partial charge in [0.05, 0.1) is 0 Å². The number of fused-ring (bicyclic) bond motifs is 1. The Morgan fingerprint density at radius 1 is 1.53 bits per heavy atom. The zero-order chi connectivity index (χ0) is 10.5. The van der Waals surface area contributed by atoms with Gasteiger partial charge in [-0.25, -0.2) is 0 Å². The standard InChI is InChI=1S/C14H21N/c1-3-15-9-13-8-14(13,10-15)12-6-4-11(2)5-7-12/h4,6-7,11,13H,3,5,8-10H2,1-2H3. The fourth-order valence-corrected chi connectivity index (χ4v) is 3.37. The molecule has 3 rings (SSSR count). The topological polar surface area (TPSA) is 3.24 Å². The third-order valence-corrected chi connectivity index (χ3v) is 4.55. The number of likely N-dealkylation sites (tertiary alicyclic amines) is 1. The first-order chi connectivity index (χ1) is 7.24. The number of piperidine rings is 1. The van der Waals surface area contributed by atoms with Gasteiger partial charge in [-0.05, 0) is 36.8 Å². The summed E-state index contributed by atoms with van der Waals surface area (Å²) in [5.74, 6) is 1.73. The SMILES string of the molecule is CCN1CC2CC2(C2=CCC(C)C=C2)C1. The van der Waals surface area contributed by atoms with Crippen LogP contribution in [0.1, 0.15) is 26.7 Å². The molecule has 3 atom stereocenters. The first kappa shape index (κ1) is 9.65. The van der Waals surface area contributed by atoms with E-state index in [9.17, 15) is 0 Å². The predicted octanol–water partition coefficient (Wildman–Crippen LogP) is 2.85. The van der Waals surface area contributed by atoms with Crippen LogP contribution in [0, 0.1) is 17.3 Å². The molecule has 1 heteroatoms. The van der Waals surface area contributed by atoms with Crippen LogP contribution >= 0.6 is 0 Å².